The standard InChI is InChI=1S/C19H17NO/c1-13-7-5-6-10-15(13)18(12-20)19(21)17-11-16(17)14-8-3-2-4-9-14/h2-10,16-18H,11H2,1H3. The van der Waals surface area contributed by atoms with E-state index in [4.69, 9.17) is 0 Å². The van der Waals surface area contributed by atoms with Gasteiger partial charge in [-0.2, -0.15) is 5.26 Å². The molecule has 0 spiro atoms. The third-order valence-corrected chi connectivity index (χ3v) is 4.30. The van der Waals surface area contributed by atoms with Crippen molar-refractivity contribution in [3.63, 3.8) is 0 Å². The van der Waals surface area contributed by atoms with E-state index in [0.717, 1.165) is 17.5 Å². The third kappa shape index (κ3) is 2.60. The number of Topliss-reactive ketones (excluding diaryl/α,β-unsaturated/α-hetero) is 1. The molecule has 0 bridgehead atoms. The van der Waals surface area contributed by atoms with Gasteiger partial charge in [-0.3, -0.25) is 4.79 Å². The fourth-order valence-corrected chi connectivity index (χ4v) is 2.99. The molecule has 1 saturated carbocycles. The Labute approximate surface area is 125 Å². The zero-order chi connectivity index (χ0) is 14.8. The molecule has 3 rings (SSSR count). The Hall–Kier alpha value is -2.40. The number of benzene rings is 2. The predicted octanol–water partition coefficient (Wildman–Crippen LogP) is 3.98. The quantitative estimate of drug-likeness (QED) is 0.847. The van der Waals surface area contributed by atoms with E-state index in [1.165, 1.54) is 5.56 Å². The second-order valence-corrected chi connectivity index (χ2v) is 5.68. The second kappa shape index (κ2) is 5.54. The number of carbonyl (C=O) groups excluding carboxylic acids is 1. The zero-order valence-electron chi connectivity index (χ0n) is 12.0. The molecule has 1 fully saturated rings. The van der Waals surface area contributed by atoms with E-state index in [1.54, 1.807) is 0 Å². The van der Waals surface area contributed by atoms with Crippen LogP contribution in [0, 0.1) is 24.2 Å². The lowest BCUT2D eigenvalue weighted by Crippen LogP contribution is -2.14. The number of ketones is 1. The van der Waals surface area contributed by atoms with E-state index in [-0.39, 0.29) is 11.7 Å². The molecule has 0 N–H and O–H groups in total. The fourth-order valence-electron chi connectivity index (χ4n) is 2.99. The first kappa shape index (κ1) is 13.6. The van der Waals surface area contributed by atoms with E-state index >= 15 is 0 Å². The normalized spacial score (nSPS) is 21.3. The number of hydrogen-bond donors (Lipinski definition) is 0. The molecule has 0 amide bonds. The fraction of sp³-hybridized carbons (Fsp3) is 0.263. The van der Waals surface area contributed by atoms with E-state index in [1.807, 2.05) is 49.4 Å². The van der Waals surface area contributed by atoms with Crippen LogP contribution in [0.25, 0.3) is 0 Å². The van der Waals surface area contributed by atoms with Gasteiger partial charge in [-0.1, -0.05) is 54.6 Å². The molecule has 2 nitrogen and oxygen atoms in total. The highest BCUT2D eigenvalue weighted by Crippen LogP contribution is 2.50. The van der Waals surface area contributed by atoms with Crippen LogP contribution in [-0.2, 0) is 4.79 Å². The van der Waals surface area contributed by atoms with Crippen LogP contribution in [0.2, 0.25) is 0 Å². The molecular formula is C19H17NO. The van der Waals surface area contributed by atoms with Crippen LogP contribution in [-0.4, -0.2) is 5.78 Å². The van der Waals surface area contributed by atoms with Gasteiger partial charge in [-0.15, -0.1) is 0 Å². The van der Waals surface area contributed by atoms with Gasteiger partial charge >= 0.3 is 0 Å². The molecule has 21 heavy (non-hydrogen) atoms. The molecule has 0 radical (unpaired) electrons. The first-order chi connectivity index (χ1) is 10.2. The summed E-state index contributed by atoms with van der Waals surface area (Å²) in [6.45, 7) is 1.95. The molecule has 3 unspecified atom stereocenters. The van der Waals surface area contributed by atoms with Crippen molar-refractivity contribution in [2.45, 2.75) is 25.2 Å². The van der Waals surface area contributed by atoms with Crippen LogP contribution >= 0.6 is 0 Å². The highest BCUT2D eigenvalue weighted by Gasteiger charge is 2.46. The van der Waals surface area contributed by atoms with Crippen molar-refractivity contribution in [1.82, 2.24) is 0 Å². The maximum Gasteiger partial charge on any atom is 0.158 e. The summed E-state index contributed by atoms with van der Waals surface area (Å²) in [6.07, 6.45) is 0.868. The molecule has 0 aliphatic heterocycles. The minimum atomic E-state index is -0.634. The summed E-state index contributed by atoms with van der Waals surface area (Å²) in [6, 6.07) is 20.0. The van der Waals surface area contributed by atoms with Crippen LogP contribution in [0.1, 0.15) is 34.9 Å². The maximum absolute atomic E-state index is 12.7. The van der Waals surface area contributed by atoms with Crippen LogP contribution in [0.5, 0.6) is 0 Å². The molecule has 104 valence electrons. The Kier molecular flexibility index (Phi) is 3.58. The number of nitrogens with zero attached hydrogens (tertiary/aromatic N) is 1. The topological polar surface area (TPSA) is 40.9 Å². The number of rotatable bonds is 4. The van der Waals surface area contributed by atoms with Crippen LogP contribution in [0.15, 0.2) is 54.6 Å². The number of carbonyl (C=O) groups is 1. The van der Waals surface area contributed by atoms with Gasteiger partial charge in [-0.05, 0) is 36.0 Å². The van der Waals surface area contributed by atoms with Gasteiger partial charge in [0.05, 0.1) is 6.07 Å². The SMILES string of the molecule is Cc1ccccc1C(C#N)C(=O)C1CC1c1ccccc1. The van der Waals surface area contributed by atoms with Gasteiger partial charge in [0.25, 0.3) is 0 Å². The lowest BCUT2D eigenvalue weighted by Gasteiger charge is -2.11. The Morgan fingerprint density at radius 1 is 1.14 bits per heavy atom. The molecule has 1 aliphatic carbocycles. The Morgan fingerprint density at radius 3 is 2.48 bits per heavy atom. The number of aryl methyl sites for hydroxylation is 1. The first-order valence-electron chi connectivity index (χ1n) is 7.26. The maximum atomic E-state index is 12.7. The number of hydrogen-bond acceptors (Lipinski definition) is 2. The minimum absolute atomic E-state index is 0.00310. The molecule has 2 aromatic carbocycles. The third-order valence-electron chi connectivity index (χ3n) is 4.30. The van der Waals surface area contributed by atoms with Gasteiger partial charge < -0.3 is 0 Å². The monoisotopic (exact) mass is 275 g/mol. The van der Waals surface area contributed by atoms with Crippen molar-refractivity contribution in [2.24, 2.45) is 5.92 Å². The first-order valence-corrected chi connectivity index (χ1v) is 7.26. The van der Waals surface area contributed by atoms with Crippen molar-refractivity contribution in [2.75, 3.05) is 0 Å². The van der Waals surface area contributed by atoms with E-state index in [0.29, 0.717) is 5.92 Å². The van der Waals surface area contributed by atoms with Gasteiger partial charge in [0, 0.05) is 5.92 Å². The van der Waals surface area contributed by atoms with Crippen molar-refractivity contribution in [1.29, 1.82) is 5.26 Å². The summed E-state index contributed by atoms with van der Waals surface area (Å²) >= 11 is 0. The zero-order valence-corrected chi connectivity index (χ0v) is 12.0. The summed E-state index contributed by atoms with van der Waals surface area (Å²) in [5.74, 6) is -0.277. The average Bonchev–Trinajstić information content (AvgIpc) is 3.31. The van der Waals surface area contributed by atoms with E-state index < -0.39 is 5.92 Å². The van der Waals surface area contributed by atoms with Crippen molar-refractivity contribution >= 4 is 5.78 Å². The number of nitriles is 1. The molecule has 2 heteroatoms. The van der Waals surface area contributed by atoms with Gasteiger partial charge in [0.2, 0.25) is 0 Å². The predicted molar refractivity (Wildman–Crippen MR) is 81.8 cm³/mol. The molecule has 1 aliphatic rings. The van der Waals surface area contributed by atoms with Gasteiger partial charge in [-0.25, -0.2) is 0 Å². The van der Waals surface area contributed by atoms with Crippen molar-refractivity contribution in [3.8, 4) is 6.07 Å². The average molecular weight is 275 g/mol. The minimum Gasteiger partial charge on any atom is -0.298 e. The van der Waals surface area contributed by atoms with Crippen LogP contribution < -0.4 is 0 Å². The summed E-state index contributed by atoms with van der Waals surface area (Å²) in [7, 11) is 0. The summed E-state index contributed by atoms with van der Waals surface area (Å²) in [5, 5.41) is 9.44. The lowest BCUT2D eigenvalue weighted by atomic mass is 9.89. The Morgan fingerprint density at radius 2 is 1.81 bits per heavy atom. The highest BCUT2D eigenvalue weighted by molar-refractivity contribution is 5.93. The summed E-state index contributed by atoms with van der Waals surface area (Å²) in [4.78, 5) is 12.7. The van der Waals surface area contributed by atoms with Crippen LogP contribution in [0.3, 0.4) is 0 Å². The highest BCUT2D eigenvalue weighted by atomic mass is 16.1. The van der Waals surface area contributed by atoms with Crippen LogP contribution in [0.4, 0.5) is 0 Å². The molecule has 0 aromatic heterocycles. The van der Waals surface area contributed by atoms with Crippen molar-refractivity contribution in [3.05, 3.63) is 71.3 Å². The summed E-state index contributed by atoms with van der Waals surface area (Å²) in [5.41, 5.74) is 3.07. The van der Waals surface area contributed by atoms with E-state index in [9.17, 15) is 10.1 Å². The molecule has 2 aromatic rings. The van der Waals surface area contributed by atoms with Gasteiger partial charge in [0.15, 0.2) is 5.78 Å². The van der Waals surface area contributed by atoms with E-state index in [2.05, 4.69) is 18.2 Å². The molecule has 0 saturated heterocycles. The largest absolute Gasteiger partial charge is 0.298 e. The van der Waals surface area contributed by atoms with Crippen molar-refractivity contribution < 1.29 is 4.79 Å². The summed E-state index contributed by atoms with van der Waals surface area (Å²) < 4.78 is 0. The smallest absolute Gasteiger partial charge is 0.158 e. The Balaban J connectivity index is 1.80. The lowest BCUT2D eigenvalue weighted by molar-refractivity contribution is -0.120. The molecule has 3 atom stereocenters. The van der Waals surface area contributed by atoms with Gasteiger partial charge in [0.1, 0.15) is 5.92 Å². The second-order valence-electron chi connectivity index (χ2n) is 5.68. The molecule has 0 heterocycles. The molecular weight excluding hydrogens is 258 g/mol. The Bertz CT molecular complexity index is 699.